The summed E-state index contributed by atoms with van der Waals surface area (Å²) < 4.78 is 21.2. The second kappa shape index (κ2) is 9.81. The highest BCUT2D eigenvalue weighted by Gasteiger charge is 2.28. The van der Waals surface area contributed by atoms with Crippen molar-refractivity contribution in [1.82, 2.24) is 24.6 Å². The maximum atomic E-state index is 13.7. The van der Waals surface area contributed by atoms with E-state index in [0.29, 0.717) is 41.2 Å². The third kappa shape index (κ3) is 4.41. The van der Waals surface area contributed by atoms with Crippen molar-refractivity contribution in [2.45, 2.75) is 45.3 Å². The molecule has 3 aromatic heterocycles. The van der Waals surface area contributed by atoms with Crippen LogP contribution in [0.4, 0.5) is 15.9 Å². The lowest BCUT2D eigenvalue weighted by Crippen LogP contribution is -2.27. The van der Waals surface area contributed by atoms with Crippen LogP contribution in [0.25, 0.3) is 16.9 Å². The number of nitrogens with zero attached hydrogens (tertiary/aromatic N) is 4. The molecule has 8 nitrogen and oxygen atoms in total. The molecule has 2 aliphatic heterocycles. The number of benzene rings is 1. The summed E-state index contributed by atoms with van der Waals surface area (Å²) in [6.45, 7) is 6.97. The molecule has 9 heteroatoms. The number of amides is 1. The molecule has 1 amide bonds. The molecule has 2 aliphatic rings. The fourth-order valence-corrected chi connectivity index (χ4v) is 5.26. The summed E-state index contributed by atoms with van der Waals surface area (Å²) >= 11 is 0. The normalized spacial score (nSPS) is 17.0. The van der Waals surface area contributed by atoms with Gasteiger partial charge < -0.3 is 15.4 Å². The van der Waals surface area contributed by atoms with Gasteiger partial charge >= 0.3 is 0 Å². The summed E-state index contributed by atoms with van der Waals surface area (Å²) in [6, 6.07) is 11.2. The first kappa shape index (κ1) is 24.5. The summed E-state index contributed by atoms with van der Waals surface area (Å²) in [5.41, 5.74) is 6.63. The van der Waals surface area contributed by atoms with E-state index in [0.717, 1.165) is 48.7 Å². The monoisotopic (exact) mass is 514 g/mol. The van der Waals surface area contributed by atoms with E-state index in [9.17, 15) is 9.18 Å². The minimum atomic E-state index is -0.339. The SMILES string of the molecule is CC(C)N(C)Cc1nc(Nc2ccc(-c3cnc4cc(F)ccn34)c3c2C(=O)NC3)ccc1[C@@H]1CCOC1. The van der Waals surface area contributed by atoms with Gasteiger partial charge in [-0.1, -0.05) is 12.1 Å². The van der Waals surface area contributed by atoms with E-state index < -0.39 is 0 Å². The number of pyridine rings is 2. The molecule has 0 bridgehead atoms. The maximum absolute atomic E-state index is 13.7. The Morgan fingerprint density at radius 3 is 2.92 bits per heavy atom. The molecule has 2 N–H and O–H groups in total. The molecule has 0 aliphatic carbocycles. The van der Waals surface area contributed by atoms with Gasteiger partial charge in [-0.3, -0.25) is 14.1 Å². The topological polar surface area (TPSA) is 83.8 Å². The predicted molar refractivity (Wildman–Crippen MR) is 144 cm³/mol. The number of fused-ring (bicyclic) bond motifs is 2. The molecular weight excluding hydrogens is 483 g/mol. The molecular formula is C29H31FN6O2. The first-order valence-electron chi connectivity index (χ1n) is 13.0. The number of anilines is 2. The number of aromatic nitrogens is 3. The van der Waals surface area contributed by atoms with Crippen LogP contribution in [0.15, 0.2) is 48.8 Å². The lowest BCUT2D eigenvalue weighted by Gasteiger charge is -2.24. The van der Waals surface area contributed by atoms with Crippen molar-refractivity contribution >= 4 is 23.1 Å². The van der Waals surface area contributed by atoms with Crippen LogP contribution in [0, 0.1) is 5.82 Å². The quantitative estimate of drug-likeness (QED) is 0.366. The van der Waals surface area contributed by atoms with Crippen LogP contribution in [-0.2, 0) is 17.8 Å². The number of hydrogen-bond acceptors (Lipinski definition) is 6. The summed E-state index contributed by atoms with van der Waals surface area (Å²) in [5.74, 6) is 0.568. The Balaban J connectivity index is 1.37. The molecule has 38 heavy (non-hydrogen) atoms. The van der Waals surface area contributed by atoms with Gasteiger partial charge in [0.15, 0.2) is 0 Å². The number of ether oxygens (including phenoxy) is 1. The maximum Gasteiger partial charge on any atom is 0.254 e. The van der Waals surface area contributed by atoms with E-state index in [4.69, 9.17) is 9.72 Å². The molecule has 5 heterocycles. The fraction of sp³-hybridized carbons (Fsp3) is 0.345. The third-order valence-electron chi connectivity index (χ3n) is 7.64. The Morgan fingerprint density at radius 1 is 1.26 bits per heavy atom. The molecule has 0 spiro atoms. The Hall–Kier alpha value is -3.82. The van der Waals surface area contributed by atoms with E-state index in [-0.39, 0.29) is 11.7 Å². The van der Waals surface area contributed by atoms with Crippen molar-refractivity contribution in [3.8, 4) is 11.3 Å². The molecule has 0 saturated carbocycles. The number of halogens is 1. The Labute approximate surface area is 220 Å². The fourth-order valence-electron chi connectivity index (χ4n) is 5.26. The summed E-state index contributed by atoms with van der Waals surface area (Å²) in [7, 11) is 2.10. The zero-order chi connectivity index (χ0) is 26.4. The van der Waals surface area contributed by atoms with Gasteiger partial charge in [0.05, 0.1) is 35.4 Å². The van der Waals surface area contributed by atoms with Crippen LogP contribution in [0.3, 0.4) is 0 Å². The number of carbonyl (C=O) groups is 1. The largest absolute Gasteiger partial charge is 0.381 e. The standard InChI is InChI=1S/C29H31FN6O2/c1-17(2)35(3)15-24-20(18-9-11-38-16-18)5-7-26(34-24)33-23-6-4-21(22-13-32-29(37)28(22)23)25-14-31-27-12-19(30)8-10-36(25)27/h4-8,10,12,14,17-18H,9,11,13,15-16H2,1-3H3,(H,32,37)(H,33,34)/t18-/m1/s1. The summed E-state index contributed by atoms with van der Waals surface area (Å²) in [4.78, 5) is 24.6. The van der Waals surface area contributed by atoms with E-state index in [1.165, 1.54) is 17.7 Å². The van der Waals surface area contributed by atoms with Crippen LogP contribution in [0.5, 0.6) is 0 Å². The van der Waals surface area contributed by atoms with Gasteiger partial charge in [0.25, 0.3) is 5.91 Å². The van der Waals surface area contributed by atoms with Crippen LogP contribution in [0.2, 0.25) is 0 Å². The number of hydrogen-bond donors (Lipinski definition) is 2. The number of imidazole rings is 1. The smallest absolute Gasteiger partial charge is 0.254 e. The average molecular weight is 515 g/mol. The molecule has 0 unspecified atom stereocenters. The zero-order valence-corrected chi connectivity index (χ0v) is 21.8. The van der Waals surface area contributed by atoms with Gasteiger partial charge in [-0.15, -0.1) is 0 Å². The second-order valence-corrected chi connectivity index (χ2v) is 10.3. The Morgan fingerprint density at radius 2 is 2.13 bits per heavy atom. The summed E-state index contributed by atoms with van der Waals surface area (Å²) in [5, 5.41) is 6.38. The van der Waals surface area contributed by atoms with Gasteiger partial charge in [-0.2, -0.15) is 0 Å². The molecule has 6 rings (SSSR count). The van der Waals surface area contributed by atoms with E-state index in [1.807, 2.05) is 22.6 Å². The van der Waals surface area contributed by atoms with Crippen LogP contribution in [-0.4, -0.2) is 51.5 Å². The highest BCUT2D eigenvalue weighted by molar-refractivity contribution is 6.06. The van der Waals surface area contributed by atoms with Gasteiger partial charge in [0.2, 0.25) is 0 Å². The highest BCUT2D eigenvalue weighted by Crippen LogP contribution is 2.36. The lowest BCUT2D eigenvalue weighted by atomic mass is 9.96. The van der Waals surface area contributed by atoms with Gasteiger partial charge in [-0.25, -0.2) is 14.4 Å². The molecule has 1 saturated heterocycles. The van der Waals surface area contributed by atoms with Crippen molar-refractivity contribution in [2.24, 2.45) is 0 Å². The lowest BCUT2D eigenvalue weighted by molar-refractivity contribution is 0.0966. The number of rotatable bonds is 7. The highest BCUT2D eigenvalue weighted by atomic mass is 19.1. The Kier molecular flexibility index (Phi) is 6.33. The number of carbonyl (C=O) groups excluding carboxylic acids is 1. The van der Waals surface area contributed by atoms with Gasteiger partial charge in [0.1, 0.15) is 17.3 Å². The number of nitrogens with one attached hydrogen (secondary N) is 2. The predicted octanol–water partition coefficient (Wildman–Crippen LogP) is 4.87. The molecule has 196 valence electrons. The summed E-state index contributed by atoms with van der Waals surface area (Å²) in [6.07, 6.45) is 4.37. The van der Waals surface area contributed by atoms with E-state index in [1.54, 1.807) is 12.4 Å². The average Bonchev–Trinajstić information content (AvgIpc) is 3.65. The minimum Gasteiger partial charge on any atom is -0.381 e. The van der Waals surface area contributed by atoms with Crippen molar-refractivity contribution in [3.63, 3.8) is 0 Å². The first-order valence-corrected chi connectivity index (χ1v) is 13.0. The van der Waals surface area contributed by atoms with Crippen LogP contribution >= 0.6 is 0 Å². The molecule has 1 atom stereocenters. The Bertz CT molecular complexity index is 1530. The minimum absolute atomic E-state index is 0.135. The third-order valence-corrected chi connectivity index (χ3v) is 7.64. The van der Waals surface area contributed by atoms with Crippen LogP contribution in [0.1, 0.15) is 53.4 Å². The first-order chi connectivity index (χ1) is 18.4. The molecule has 1 fully saturated rings. The molecule has 1 aromatic carbocycles. The van der Waals surface area contributed by atoms with Crippen molar-refractivity contribution in [3.05, 3.63) is 77.0 Å². The van der Waals surface area contributed by atoms with Crippen LogP contribution < -0.4 is 10.6 Å². The van der Waals surface area contributed by atoms with Gasteiger partial charge in [-0.05, 0) is 56.6 Å². The van der Waals surface area contributed by atoms with Crippen molar-refractivity contribution in [1.29, 1.82) is 0 Å². The van der Waals surface area contributed by atoms with E-state index >= 15 is 0 Å². The molecule has 0 radical (unpaired) electrons. The van der Waals surface area contributed by atoms with Crippen molar-refractivity contribution < 1.29 is 13.9 Å². The van der Waals surface area contributed by atoms with Gasteiger partial charge in [0, 0.05) is 49.5 Å². The van der Waals surface area contributed by atoms with E-state index in [2.05, 4.69) is 47.5 Å². The van der Waals surface area contributed by atoms with Crippen molar-refractivity contribution in [2.75, 3.05) is 25.6 Å². The zero-order valence-electron chi connectivity index (χ0n) is 21.8. The second-order valence-electron chi connectivity index (χ2n) is 10.3. The molecule has 4 aromatic rings.